The summed E-state index contributed by atoms with van der Waals surface area (Å²) in [6.45, 7) is 4.18. The van der Waals surface area contributed by atoms with E-state index in [1.807, 2.05) is 4.90 Å². The van der Waals surface area contributed by atoms with Crippen LogP contribution in [0.3, 0.4) is 0 Å². The van der Waals surface area contributed by atoms with Crippen LogP contribution < -0.4 is 0 Å². The molecule has 1 aromatic heterocycles. The molecule has 1 atom stereocenters. The average Bonchev–Trinajstić information content (AvgIpc) is 3.24. The van der Waals surface area contributed by atoms with E-state index >= 15 is 0 Å². The number of likely N-dealkylation sites (tertiary alicyclic amines) is 2. The minimum atomic E-state index is -0.0641. The molecule has 0 saturated carbocycles. The molecule has 1 amide bonds. The number of amides is 1. The molecule has 1 spiro atoms. The molecule has 3 aliphatic rings. The molecule has 126 valence electrons. The van der Waals surface area contributed by atoms with Crippen LogP contribution in [0.15, 0.2) is 4.52 Å². The quantitative estimate of drug-likeness (QED) is 0.837. The Morgan fingerprint density at radius 3 is 2.91 bits per heavy atom. The second-order valence-electron chi connectivity index (χ2n) is 7.28. The lowest BCUT2D eigenvalue weighted by atomic mass is 9.78. The third-order valence-electron chi connectivity index (χ3n) is 5.47. The molecule has 0 N–H and O–H groups in total. The van der Waals surface area contributed by atoms with Gasteiger partial charge in [0.15, 0.2) is 5.82 Å². The fraction of sp³-hybridized carbons (Fsp3) is 0.812. The third kappa shape index (κ3) is 2.99. The summed E-state index contributed by atoms with van der Waals surface area (Å²) < 4.78 is 10.9. The molecule has 7 nitrogen and oxygen atoms in total. The van der Waals surface area contributed by atoms with Gasteiger partial charge in [-0.2, -0.15) is 4.98 Å². The number of nitrogens with zero attached hydrogens (tertiary/aromatic N) is 4. The van der Waals surface area contributed by atoms with Crippen LogP contribution in [-0.4, -0.2) is 59.1 Å². The normalized spacial score (nSPS) is 28.1. The smallest absolute Gasteiger partial charge is 0.255 e. The van der Waals surface area contributed by atoms with Crippen LogP contribution >= 0.6 is 0 Å². The van der Waals surface area contributed by atoms with Gasteiger partial charge >= 0.3 is 0 Å². The summed E-state index contributed by atoms with van der Waals surface area (Å²) in [6, 6.07) is 0. The molecule has 1 aromatic rings. The Bertz CT molecular complexity index is 574. The number of hydrogen-bond donors (Lipinski definition) is 0. The molecule has 0 aliphatic carbocycles. The number of ether oxygens (including phenoxy) is 1. The maximum Gasteiger partial charge on any atom is 0.255 e. The van der Waals surface area contributed by atoms with Crippen molar-refractivity contribution in [2.45, 2.75) is 44.8 Å². The summed E-state index contributed by atoms with van der Waals surface area (Å²) in [7, 11) is 2.15. The van der Waals surface area contributed by atoms with Gasteiger partial charge in [-0.05, 0) is 51.2 Å². The topological polar surface area (TPSA) is 71.7 Å². The van der Waals surface area contributed by atoms with Crippen LogP contribution in [0.25, 0.3) is 0 Å². The molecule has 4 heterocycles. The van der Waals surface area contributed by atoms with Crippen LogP contribution in [0.5, 0.6) is 0 Å². The van der Waals surface area contributed by atoms with E-state index in [4.69, 9.17) is 9.26 Å². The Hall–Kier alpha value is -1.47. The average molecular weight is 320 g/mol. The maximum absolute atomic E-state index is 12.4. The van der Waals surface area contributed by atoms with E-state index in [9.17, 15) is 4.79 Å². The molecule has 0 bridgehead atoms. The van der Waals surface area contributed by atoms with Crippen LogP contribution in [0.2, 0.25) is 0 Å². The van der Waals surface area contributed by atoms with E-state index in [-0.39, 0.29) is 17.4 Å². The minimum Gasteiger partial charge on any atom is -0.368 e. The highest BCUT2D eigenvalue weighted by atomic mass is 16.5. The van der Waals surface area contributed by atoms with Gasteiger partial charge in [0.1, 0.15) is 6.10 Å². The predicted molar refractivity (Wildman–Crippen MR) is 81.4 cm³/mol. The van der Waals surface area contributed by atoms with Gasteiger partial charge in [0.2, 0.25) is 5.91 Å². The first-order valence-electron chi connectivity index (χ1n) is 8.54. The molecule has 0 aromatic carbocycles. The van der Waals surface area contributed by atoms with Crippen molar-refractivity contribution in [3.63, 3.8) is 0 Å². The summed E-state index contributed by atoms with van der Waals surface area (Å²) in [5.41, 5.74) is 0.157. The Morgan fingerprint density at radius 1 is 1.35 bits per heavy atom. The molecule has 3 fully saturated rings. The molecule has 4 rings (SSSR count). The SMILES string of the molecule is CN1CCC2(CC1)CC(=O)N(Cc1noc(C3CCCO3)n1)C2. The first kappa shape index (κ1) is 15.1. The summed E-state index contributed by atoms with van der Waals surface area (Å²) >= 11 is 0. The molecular weight excluding hydrogens is 296 g/mol. The highest BCUT2D eigenvalue weighted by molar-refractivity contribution is 5.79. The van der Waals surface area contributed by atoms with Gasteiger partial charge in [-0.1, -0.05) is 5.16 Å². The fourth-order valence-electron chi connectivity index (χ4n) is 3.96. The van der Waals surface area contributed by atoms with Crippen molar-refractivity contribution in [1.82, 2.24) is 19.9 Å². The van der Waals surface area contributed by atoms with E-state index in [1.54, 1.807) is 0 Å². The van der Waals surface area contributed by atoms with E-state index in [0.717, 1.165) is 51.9 Å². The monoisotopic (exact) mass is 320 g/mol. The highest BCUT2D eigenvalue weighted by Crippen LogP contribution is 2.41. The number of hydrogen-bond acceptors (Lipinski definition) is 6. The van der Waals surface area contributed by atoms with E-state index < -0.39 is 0 Å². The van der Waals surface area contributed by atoms with E-state index in [0.29, 0.717) is 24.7 Å². The molecule has 23 heavy (non-hydrogen) atoms. The molecule has 3 saturated heterocycles. The number of rotatable bonds is 3. The highest BCUT2D eigenvalue weighted by Gasteiger charge is 2.44. The van der Waals surface area contributed by atoms with Crippen molar-refractivity contribution in [1.29, 1.82) is 0 Å². The second-order valence-corrected chi connectivity index (χ2v) is 7.28. The lowest BCUT2D eigenvalue weighted by Crippen LogP contribution is -2.39. The van der Waals surface area contributed by atoms with Crippen LogP contribution in [0.4, 0.5) is 0 Å². The molecule has 7 heteroatoms. The molecule has 1 unspecified atom stereocenters. The zero-order valence-corrected chi connectivity index (χ0v) is 13.7. The Morgan fingerprint density at radius 2 is 2.17 bits per heavy atom. The van der Waals surface area contributed by atoms with Gasteiger partial charge in [-0.3, -0.25) is 4.79 Å². The van der Waals surface area contributed by atoms with Crippen molar-refractivity contribution < 1.29 is 14.1 Å². The van der Waals surface area contributed by atoms with E-state index in [2.05, 4.69) is 22.1 Å². The van der Waals surface area contributed by atoms with Gasteiger partial charge in [-0.25, -0.2) is 0 Å². The van der Waals surface area contributed by atoms with Gasteiger partial charge in [0.25, 0.3) is 5.89 Å². The van der Waals surface area contributed by atoms with Crippen LogP contribution in [0, 0.1) is 5.41 Å². The number of aromatic nitrogens is 2. The predicted octanol–water partition coefficient (Wildman–Crippen LogP) is 1.37. The van der Waals surface area contributed by atoms with Gasteiger partial charge in [0.05, 0.1) is 6.54 Å². The zero-order valence-electron chi connectivity index (χ0n) is 13.7. The molecule has 0 radical (unpaired) electrons. The second kappa shape index (κ2) is 5.87. The maximum atomic E-state index is 12.4. The summed E-state index contributed by atoms with van der Waals surface area (Å²) in [4.78, 5) is 21.1. The lowest BCUT2D eigenvalue weighted by Gasteiger charge is -2.37. The third-order valence-corrected chi connectivity index (χ3v) is 5.47. The summed E-state index contributed by atoms with van der Waals surface area (Å²) in [5, 5.41) is 4.04. The Labute approximate surface area is 136 Å². The number of carbonyl (C=O) groups is 1. The largest absolute Gasteiger partial charge is 0.368 e. The first-order chi connectivity index (χ1) is 11.1. The fourth-order valence-corrected chi connectivity index (χ4v) is 3.96. The summed E-state index contributed by atoms with van der Waals surface area (Å²) in [5.74, 6) is 1.37. The van der Waals surface area contributed by atoms with Gasteiger partial charge < -0.3 is 19.1 Å². The molecule has 3 aliphatic heterocycles. The van der Waals surface area contributed by atoms with E-state index in [1.165, 1.54) is 0 Å². The lowest BCUT2D eigenvalue weighted by molar-refractivity contribution is -0.128. The van der Waals surface area contributed by atoms with Crippen molar-refractivity contribution >= 4 is 5.91 Å². The summed E-state index contributed by atoms with van der Waals surface area (Å²) in [6.07, 6.45) is 4.76. The van der Waals surface area contributed by atoms with Gasteiger partial charge in [-0.15, -0.1) is 0 Å². The van der Waals surface area contributed by atoms with Crippen molar-refractivity contribution in [3.8, 4) is 0 Å². The minimum absolute atomic E-state index is 0.0641. The standard InChI is InChI=1S/C16H24N4O3/c1-19-6-4-16(5-7-19)9-14(21)20(11-16)10-13-17-15(23-18-13)12-3-2-8-22-12/h12H,2-11H2,1H3. The van der Waals surface area contributed by atoms with Crippen LogP contribution in [-0.2, 0) is 16.1 Å². The zero-order chi connectivity index (χ0) is 15.9. The Balaban J connectivity index is 1.40. The number of carbonyl (C=O) groups excluding carboxylic acids is 1. The Kier molecular flexibility index (Phi) is 3.85. The number of piperidine rings is 1. The van der Waals surface area contributed by atoms with Crippen molar-refractivity contribution in [2.24, 2.45) is 5.41 Å². The van der Waals surface area contributed by atoms with Crippen molar-refractivity contribution in [3.05, 3.63) is 11.7 Å². The van der Waals surface area contributed by atoms with Crippen molar-refractivity contribution in [2.75, 3.05) is 33.3 Å². The van der Waals surface area contributed by atoms with Crippen LogP contribution in [0.1, 0.15) is 49.9 Å². The van der Waals surface area contributed by atoms with Gasteiger partial charge in [0, 0.05) is 19.6 Å². The molecular formula is C16H24N4O3. The first-order valence-corrected chi connectivity index (χ1v) is 8.54.